The Labute approximate surface area is 162 Å². The number of nitrogens with zero attached hydrogens (tertiary/aromatic N) is 3. The van der Waals surface area contributed by atoms with Gasteiger partial charge in [0.05, 0.1) is 26.3 Å². The molecule has 0 fully saturated rings. The lowest BCUT2D eigenvalue weighted by atomic mass is 9.98. The second-order valence-electron chi connectivity index (χ2n) is 6.43. The topological polar surface area (TPSA) is 56.6 Å². The molecule has 1 aliphatic rings. The van der Waals surface area contributed by atoms with Crippen molar-refractivity contribution in [2.24, 2.45) is 0 Å². The molecule has 140 valence electrons. The normalized spacial score (nSPS) is 13.3. The van der Waals surface area contributed by atoms with Gasteiger partial charge in [0, 0.05) is 30.9 Å². The first-order valence-electron chi connectivity index (χ1n) is 8.77. The second-order valence-corrected chi connectivity index (χ2v) is 7.27. The average Bonchev–Trinajstić information content (AvgIpc) is 3.38. The lowest BCUT2D eigenvalue weighted by Gasteiger charge is -2.29. The molecular formula is C20H21N3O3S. The number of hydrogen-bond acceptors (Lipinski definition) is 5. The van der Waals surface area contributed by atoms with Crippen LogP contribution in [0, 0.1) is 0 Å². The minimum atomic E-state index is 0.0970. The van der Waals surface area contributed by atoms with Crippen molar-refractivity contribution in [1.29, 1.82) is 0 Å². The van der Waals surface area contributed by atoms with Crippen molar-refractivity contribution in [2.75, 3.05) is 20.8 Å². The molecule has 0 saturated carbocycles. The fourth-order valence-electron chi connectivity index (χ4n) is 3.32. The Morgan fingerprint density at radius 3 is 2.56 bits per heavy atom. The van der Waals surface area contributed by atoms with E-state index in [0.29, 0.717) is 25.3 Å². The van der Waals surface area contributed by atoms with Crippen molar-refractivity contribution >= 4 is 17.2 Å². The van der Waals surface area contributed by atoms with Gasteiger partial charge in [-0.2, -0.15) is 0 Å². The number of fused-ring (bicyclic) bond motifs is 1. The third kappa shape index (κ3) is 3.55. The van der Waals surface area contributed by atoms with Crippen LogP contribution in [0.25, 0.3) is 5.13 Å². The molecule has 0 radical (unpaired) electrons. The van der Waals surface area contributed by atoms with Crippen LogP contribution in [0.1, 0.15) is 16.8 Å². The van der Waals surface area contributed by atoms with Crippen molar-refractivity contribution in [2.45, 2.75) is 19.4 Å². The molecule has 1 aromatic carbocycles. The maximum absolute atomic E-state index is 12.8. The predicted molar refractivity (Wildman–Crippen MR) is 104 cm³/mol. The van der Waals surface area contributed by atoms with Gasteiger partial charge in [-0.15, -0.1) is 11.3 Å². The van der Waals surface area contributed by atoms with E-state index >= 15 is 0 Å². The summed E-state index contributed by atoms with van der Waals surface area (Å²) in [7, 11) is 3.26. The molecule has 0 spiro atoms. The fourth-order valence-corrected chi connectivity index (χ4v) is 4.11. The number of carbonyl (C=O) groups excluding carboxylic acids is 1. The van der Waals surface area contributed by atoms with Gasteiger partial charge in [-0.3, -0.25) is 4.79 Å². The van der Waals surface area contributed by atoms with Gasteiger partial charge < -0.3 is 18.9 Å². The van der Waals surface area contributed by atoms with Gasteiger partial charge in [0.25, 0.3) is 0 Å². The molecule has 6 nitrogen and oxygen atoms in total. The molecule has 1 amide bonds. The highest BCUT2D eigenvalue weighted by atomic mass is 32.1. The van der Waals surface area contributed by atoms with Crippen molar-refractivity contribution < 1.29 is 14.3 Å². The Bertz CT molecular complexity index is 950. The molecule has 0 saturated heterocycles. The number of carbonyl (C=O) groups is 1. The molecule has 3 heterocycles. The van der Waals surface area contributed by atoms with Crippen LogP contribution < -0.4 is 9.47 Å². The summed E-state index contributed by atoms with van der Waals surface area (Å²) in [5, 5.41) is 2.84. The van der Waals surface area contributed by atoms with E-state index in [0.717, 1.165) is 28.6 Å². The predicted octanol–water partition coefficient (Wildman–Crippen LogP) is 3.08. The average molecular weight is 383 g/mol. The molecule has 0 atom stereocenters. The standard InChI is InChI=1S/C20H21N3O3S/c1-25-17-9-14-5-8-23(12-15(14)10-18(17)26-2)19(24)11-16-13-27-20(21-16)22-6-3-4-7-22/h3-4,6-7,9-10,13H,5,8,11-12H2,1-2H3. The lowest BCUT2D eigenvalue weighted by molar-refractivity contribution is -0.131. The van der Waals surface area contributed by atoms with Crippen LogP contribution in [0.4, 0.5) is 0 Å². The molecule has 2 aromatic heterocycles. The highest BCUT2D eigenvalue weighted by Crippen LogP contribution is 2.33. The SMILES string of the molecule is COc1cc2c(cc1OC)CN(C(=O)Cc1csc(-n3cccc3)n1)CC2. The summed E-state index contributed by atoms with van der Waals surface area (Å²) in [5.74, 6) is 1.53. The quantitative estimate of drug-likeness (QED) is 0.679. The van der Waals surface area contributed by atoms with E-state index in [1.54, 1.807) is 25.6 Å². The maximum atomic E-state index is 12.8. The van der Waals surface area contributed by atoms with Crippen molar-refractivity contribution in [3.8, 4) is 16.6 Å². The van der Waals surface area contributed by atoms with E-state index in [4.69, 9.17) is 9.47 Å². The highest BCUT2D eigenvalue weighted by molar-refractivity contribution is 7.12. The molecule has 0 bridgehead atoms. The van der Waals surface area contributed by atoms with Crippen molar-refractivity contribution in [3.05, 3.63) is 58.9 Å². The fraction of sp³-hybridized carbons (Fsp3) is 0.300. The van der Waals surface area contributed by atoms with Gasteiger partial charge in [0.2, 0.25) is 5.91 Å². The van der Waals surface area contributed by atoms with E-state index in [-0.39, 0.29) is 5.91 Å². The smallest absolute Gasteiger partial charge is 0.228 e. The number of ether oxygens (including phenoxy) is 2. The van der Waals surface area contributed by atoms with Gasteiger partial charge in [-0.05, 0) is 41.8 Å². The summed E-state index contributed by atoms with van der Waals surface area (Å²) < 4.78 is 12.7. The van der Waals surface area contributed by atoms with Crippen LogP contribution in [-0.2, 0) is 24.2 Å². The van der Waals surface area contributed by atoms with Gasteiger partial charge in [-0.25, -0.2) is 4.98 Å². The molecule has 0 N–H and O–H groups in total. The summed E-state index contributed by atoms with van der Waals surface area (Å²) in [5.41, 5.74) is 3.13. The zero-order valence-corrected chi connectivity index (χ0v) is 16.2. The first-order chi connectivity index (χ1) is 13.2. The van der Waals surface area contributed by atoms with Crippen LogP contribution in [-0.4, -0.2) is 41.1 Å². The van der Waals surface area contributed by atoms with Crippen LogP contribution >= 0.6 is 11.3 Å². The number of amides is 1. The monoisotopic (exact) mass is 383 g/mol. The van der Waals surface area contributed by atoms with Crippen LogP contribution in [0.2, 0.25) is 0 Å². The van der Waals surface area contributed by atoms with Gasteiger partial charge >= 0.3 is 0 Å². The van der Waals surface area contributed by atoms with E-state index in [1.807, 2.05) is 51.5 Å². The van der Waals surface area contributed by atoms with E-state index < -0.39 is 0 Å². The summed E-state index contributed by atoms with van der Waals surface area (Å²) in [4.78, 5) is 19.2. The number of aromatic nitrogens is 2. The molecule has 0 aliphatic carbocycles. The second kappa shape index (κ2) is 7.44. The molecule has 1 aliphatic heterocycles. The van der Waals surface area contributed by atoms with Crippen LogP contribution in [0.5, 0.6) is 11.5 Å². The van der Waals surface area contributed by atoms with E-state index in [9.17, 15) is 4.79 Å². The molecule has 27 heavy (non-hydrogen) atoms. The number of benzene rings is 1. The molecule has 7 heteroatoms. The Morgan fingerprint density at radius 1 is 1.15 bits per heavy atom. The number of hydrogen-bond donors (Lipinski definition) is 0. The lowest BCUT2D eigenvalue weighted by Crippen LogP contribution is -2.37. The first kappa shape index (κ1) is 17.6. The van der Waals surface area contributed by atoms with Crippen LogP contribution in [0.3, 0.4) is 0 Å². The summed E-state index contributed by atoms with van der Waals surface area (Å²) in [6.07, 6.45) is 5.04. The first-order valence-corrected chi connectivity index (χ1v) is 9.65. The molecule has 0 unspecified atom stereocenters. The molecule has 3 aromatic rings. The Morgan fingerprint density at radius 2 is 1.85 bits per heavy atom. The number of thiazole rings is 1. The van der Waals surface area contributed by atoms with Crippen molar-refractivity contribution in [3.63, 3.8) is 0 Å². The summed E-state index contributed by atoms with van der Waals surface area (Å²) >= 11 is 1.54. The van der Waals surface area contributed by atoms with Gasteiger partial charge in [0.1, 0.15) is 0 Å². The minimum Gasteiger partial charge on any atom is -0.493 e. The minimum absolute atomic E-state index is 0.0970. The van der Waals surface area contributed by atoms with E-state index in [1.165, 1.54) is 5.56 Å². The zero-order chi connectivity index (χ0) is 18.8. The molecule has 4 rings (SSSR count). The zero-order valence-electron chi connectivity index (χ0n) is 15.3. The third-order valence-corrected chi connectivity index (χ3v) is 5.67. The maximum Gasteiger partial charge on any atom is 0.228 e. The van der Waals surface area contributed by atoms with E-state index in [2.05, 4.69) is 4.98 Å². The van der Waals surface area contributed by atoms with Crippen molar-refractivity contribution in [1.82, 2.24) is 14.5 Å². The van der Waals surface area contributed by atoms with Gasteiger partial charge in [0.15, 0.2) is 16.6 Å². The summed E-state index contributed by atoms with van der Waals surface area (Å²) in [6, 6.07) is 7.90. The third-order valence-electron chi connectivity index (χ3n) is 4.77. The Hall–Kier alpha value is -2.80. The van der Waals surface area contributed by atoms with Gasteiger partial charge in [-0.1, -0.05) is 0 Å². The summed E-state index contributed by atoms with van der Waals surface area (Å²) in [6.45, 7) is 1.29. The Kier molecular flexibility index (Phi) is 4.85. The highest BCUT2D eigenvalue weighted by Gasteiger charge is 2.23. The number of methoxy groups -OCH3 is 2. The number of rotatable bonds is 5. The van der Waals surface area contributed by atoms with Crippen LogP contribution in [0.15, 0.2) is 42.0 Å². The Balaban J connectivity index is 1.46. The largest absolute Gasteiger partial charge is 0.493 e. The molecular weight excluding hydrogens is 362 g/mol.